The molecule has 2 aliphatic heterocycles. The number of carboxylic acids is 2. The molecule has 0 bridgehead atoms. The second-order valence-corrected chi connectivity index (χ2v) is 29.8. The SMILES string of the molecule is C[C@@H](C/C=C/[C@H](O)[C@@H]1CC[C@H]1CN1C[C@@]2(CCCc3cc(Cl)ccc32)COc2ccc(C(=O)O)cc21)[C@H](C)S(N)(=O)=O.C[C@H]([C@@H](C)C/C=C/[C@H](O)[C@@H]1CC[C@H]1CN1C[C@@]2(CCCc3cc(Cl)ccc32)COc2ccc(C(=O)O)cc21)S(N)(=O)=O. The summed E-state index contributed by atoms with van der Waals surface area (Å²) in [5.41, 5.74) is 6.39. The zero-order valence-electron chi connectivity index (χ0n) is 48.4. The molecule has 456 valence electrons. The Morgan fingerprint density at radius 2 is 1.01 bits per heavy atom. The lowest BCUT2D eigenvalue weighted by Gasteiger charge is -2.45. The molecule has 10 rings (SSSR count). The molecule has 0 amide bonds. The molecule has 16 nitrogen and oxygen atoms in total. The quantitative estimate of drug-likeness (QED) is 0.0507. The summed E-state index contributed by atoms with van der Waals surface area (Å²) in [7, 11) is -7.22. The van der Waals surface area contributed by atoms with Crippen LogP contribution in [0.1, 0.15) is 135 Å². The first kappa shape index (κ1) is 63.3. The van der Waals surface area contributed by atoms with E-state index in [9.17, 15) is 46.9 Å². The van der Waals surface area contributed by atoms with Gasteiger partial charge in [-0.3, -0.25) is 0 Å². The number of carboxylic acid groups (broad SMARTS) is 2. The fourth-order valence-corrected chi connectivity index (χ4v) is 15.7. The van der Waals surface area contributed by atoms with E-state index in [1.165, 1.54) is 22.3 Å². The summed E-state index contributed by atoms with van der Waals surface area (Å²) in [6.07, 6.45) is 16.5. The number of ether oxygens (including phenoxy) is 2. The van der Waals surface area contributed by atoms with Crippen LogP contribution in [0.15, 0.2) is 97.1 Å². The van der Waals surface area contributed by atoms with Crippen molar-refractivity contribution >= 4 is 66.6 Å². The molecule has 4 aliphatic carbocycles. The smallest absolute Gasteiger partial charge is 0.335 e. The van der Waals surface area contributed by atoms with Crippen LogP contribution in [-0.4, -0.2) is 111 Å². The molecule has 0 radical (unpaired) electrons. The van der Waals surface area contributed by atoms with E-state index in [4.69, 9.17) is 43.0 Å². The van der Waals surface area contributed by atoms with Gasteiger partial charge >= 0.3 is 11.9 Å². The molecule has 4 aromatic carbocycles. The number of hydrogen-bond acceptors (Lipinski definition) is 12. The van der Waals surface area contributed by atoms with Gasteiger partial charge in [0, 0.05) is 47.1 Å². The summed E-state index contributed by atoms with van der Waals surface area (Å²) in [6, 6.07) is 22.3. The number of aliphatic hydroxyl groups is 2. The highest BCUT2D eigenvalue weighted by molar-refractivity contribution is 7.90. The molecule has 6 aliphatic rings. The summed E-state index contributed by atoms with van der Waals surface area (Å²) in [6.45, 7) is 10.6. The zero-order chi connectivity index (χ0) is 60.5. The molecule has 0 saturated heterocycles. The Hall–Kier alpha value is -5.18. The minimum Gasteiger partial charge on any atom is -0.490 e. The third-order valence-electron chi connectivity index (χ3n) is 19.6. The van der Waals surface area contributed by atoms with Crippen LogP contribution >= 0.6 is 23.2 Å². The summed E-state index contributed by atoms with van der Waals surface area (Å²) < 4.78 is 59.6. The van der Waals surface area contributed by atoms with Crippen LogP contribution in [0.25, 0.3) is 0 Å². The third kappa shape index (κ3) is 14.1. The predicted octanol–water partition coefficient (Wildman–Crippen LogP) is 10.3. The number of aryl methyl sites for hydroxylation is 2. The van der Waals surface area contributed by atoms with Gasteiger partial charge in [-0.05, 0) is 209 Å². The summed E-state index contributed by atoms with van der Waals surface area (Å²) in [5.74, 6) is -0.439. The van der Waals surface area contributed by atoms with E-state index in [0.29, 0.717) is 63.7 Å². The molecule has 84 heavy (non-hydrogen) atoms. The maximum Gasteiger partial charge on any atom is 0.335 e. The molecule has 0 aromatic heterocycles. The van der Waals surface area contributed by atoms with E-state index in [1.54, 1.807) is 62.4 Å². The van der Waals surface area contributed by atoms with Crippen molar-refractivity contribution in [2.75, 3.05) is 49.2 Å². The van der Waals surface area contributed by atoms with Gasteiger partial charge in [0.2, 0.25) is 20.0 Å². The van der Waals surface area contributed by atoms with Gasteiger partial charge in [-0.1, -0.05) is 73.5 Å². The van der Waals surface area contributed by atoms with Gasteiger partial charge in [-0.15, -0.1) is 0 Å². The minimum absolute atomic E-state index is 0.0518. The molecule has 0 unspecified atom stereocenters. The van der Waals surface area contributed by atoms with Gasteiger partial charge in [0.1, 0.15) is 11.5 Å². The van der Waals surface area contributed by atoms with E-state index in [-0.39, 0.29) is 57.5 Å². The average Bonchev–Trinajstić information content (AvgIpc) is 2.45. The second kappa shape index (κ2) is 26.0. The fraction of sp³-hybridized carbons (Fsp3) is 0.531. The maximum atomic E-state index is 11.9. The third-order valence-corrected chi connectivity index (χ3v) is 23.1. The number of fused-ring (bicyclic) bond motifs is 6. The van der Waals surface area contributed by atoms with Gasteiger partial charge < -0.3 is 39.7 Å². The minimum atomic E-state index is -3.61. The van der Waals surface area contributed by atoms with E-state index in [0.717, 1.165) is 85.6 Å². The monoisotopic (exact) mass is 1230 g/mol. The molecule has 4 aromatic rings. The largest absolute Gasteiger partial charge is 0.490 e. The predicted molar refractivity (Wildman–Crippen MR) is 330 cm³/mol. The normalized spacial score (nSPS) is 26.0. The highest BCUT2D eigenvalue weighted by Gasteiger charge is 2.46. The zero-order valence-corrected chi connectivity index (χ0v) is 51.6. The molecule has 20 heteroatoms. The Kier molecular flexibility index (Phi) is 19.6. The van der Waals surface area contributed by atoms with Crippen molar-refractivity contribution in [3.05, 3.63) is 141 Å². The molecule has 2 spiro atoms. The standard InChI is InChI=1S/2C32H41ClN2O6S/c2*1-20(21(2)42(34,39)40)5-3-7-29(36)26-11-8-24(26)17-35-18-32(14-4-6-22-15-25(33)10-12-27(22)32)19-41-30-13-9-23(31(37)38)16-28(30)35/h2*3,7,9-10,12-13,15-16,20-21,24,26,29,36H,4-6,8,11,14,17-19H2,1-2H3,(H,37,38)(H2,34,39,40)/b2*7-3+/t20-,21+,24-,26+,29-,32-;20-,21-,24-,26+,29-,32-/m00/s1. The Labute approximate surface area is 505 Å². The molecular weight excluding hydrogens is 1150 g/mol. The molecular formula is C64H82Cl2N4O12S2. The lowest BCUT2D eigenvalue weighted by atomic mass is 9.68. The summed E-state index contributed by atoms with van der Waals surface area (Å²) in [4.78, 5) is 28.3. The van der Waals surface area contributed by atoms with Gasteiger partial charge in [-0.2, -0.15) is 0 Å². The van der Waals surface area contributed by atoms with Crippen LogP contribution < -0.4 is 29.6 Å². The Morgan fingerprint density at radius 1 is 0.619 bits per heavy atom. The number of sulfonamides is 2. The van der Waals surface area contributed by atoms with Crippen LogP contribution in [0, 0.1) is 35.5 Å². The lowest BCUT2D eigenvalue weighted by Crippen LogP contribution is -2.49. The van der Waals surface area contributed by atoms with Crippen molar-refractivity contribution in [1.82, 2.24) is 0 Å². The van der Waals surface area contributed by atoms with E-state index < -0.39 is 54.7 Å². The number of carbonyl (C=O) groups is 2. The number of hydrogen-bond donors (Lipinski definition) is 6. The number of rotatable bonds is 18. The lowest BCUT2D eigenvalue weighted by molar-refractivity contribution is 0.0454. The second-order valence-electron chi connectivity index (χ2n) is 25.0. The summed E-state index contributed by atoms with van der Waals surface area (Å²) in [5, 5.41) is 52.4. The van der Waals surface area contributed by atoms with Gasteiger partial charge in [0.25, 0.3) is 0 Å². The number of nitrogens with two attached hydrogens (primary N) is 2. The van der Waals surface area contributed by atoms with Crippen LogP contribution in [0.3, 0.4) is 0 Å². The van der Waals surface area contributed by atoms with Crippen LogP contribution in [-0.2, 0) is 43.7 Å². The molecule has 12 atom stereocenters. The van der Waals surface area contributed by atoms with Crippen molar-refractivity contribution in [2.45, 2.75) is 138 Å². The van der Waals surface area contributed by atoms with E-state index in [2.05, 4.69) is 34.1 Å². The molecule has 8 N–H and O–H groups in total. The number of primary sulfonamides is 2. The number of aliphatic hydroxyl groups excluding tert-OH is 2. The Bertz CT molecular complexity index is 3140. The van der Waals surface area contributed by atoms with Crippen molar-refractivity contribution in [3.8, 4) is 11.5 Å². The molecule has 2 heterocycles. The van der Waals surface area contributed by atoms with E-state index >= 15 is 0 Å². The summed E-state index contributed by atoms with van der Waals surface area (Å²) >= 11 is 12.7. The first-order valence-corrected chi connectivity index (χ1v) is 33.5. The number of anilines is 2. The first-order valence-electron chi connectivity index (χ1n) is 29.6. The van der Waals surface area contributed by atoms with Gasteiger partial charge in [0.15, 0.2) is 0 Å². The van der Waals surface area contributed by atoms with Crippen molar-refractivity contribution in [2.24, 2.45) is 45.8 Å². The van der Waals surface area contributed by atoms with Crippen molar-refractivity contribution < 1.29 is 56.3 Å². The number of nitrogens with zero attached hydrogens (tertiary/aromatic N) is 2. The Balaban J connectivity index is 0.000000202. The topological polar surface area (TPSA) is 260 Å². The van der Waals surface area contributed by atoms with Gasteiger partial charge in [0.05, 0.1) is 58.4 Å². The average molecular weight is 1230 g/mol. The van der Waals surface area contributed by atoms with Crippen LogP contribution in [0.4, 0.5) is 11.4 Å². The number of benzene rings is 4. The molecule has 2 saturated carbocycles. The number of halogens is 2. The Morgan fingerprint density at radius 3 is 1.36 bits per heavy atom. The van der Waals surface area contributed by atoms with E-state index in [1.807, 2.05) is 38.1 Å². The van der Waals surface area contributed by atoms with Crippen molar-refractivity contribution in [3.63, 3.8) is 0 Å². The fourth-order valence-electron chi connectivity index (χ4n) is 13.8. The van der Waals surface area contributed by atoms with Crippen molar-refractivity contribution in [1.29, 1.82) is 0 Å². The van der Waals surface area contributed by atoms with Gasteiger partial charge in [-0.25, -0.2) is 36.7 Å². The number of aromatic carboxylic acids is 2. The van der Waals surface area contributed by atoms with Crippen LogP contribution in [0.2, 0.25) is 10.0 Å². The maximum absolute atomic E-state index is 11.9. The van der Waals surface area contributed by atoms with Crippen LogP contribution in [0.5, 0.6) is 11.5 Å². The number of allylic oxidation sites excluding steroid dienone is 2. The highest BCUT2D eigenvalue weighted by atomic mass is 35.5. The first-order chi connectivity index (χ1) is 39.8. The molecule has 2 fully saturated rings. The highest BCUT2D eigenvalue weighted by Crippen LogP contribution is 2.49.